The van der Waals surface area contributed by atoms with Crippen molar-refractivity contribution in [3.63, 3.8) is 0 Å². The van der Waals surface area contributed by atoms with Crippen LogP contribution in [0.25, 0.3) is 0 Å². The van der Waals surface area contributed by atoms with E-state index < -0.39 is 10.0 Å². The highest BCUT2D eigenvalue weighted by Gasteiger charge is 2.29. The molecular weight excluding hydrogens is 374 g/mol. The average Bonchev–Trinajstić information content (AvgIpc) is 3.00. The van der Waals surface area contributed by atoms with Gasteiger partial charge in [-0.3, -0.25) is 4.79 Å². The summed E-state index contributed by atoms with van der Waals surface area (Å²) in [6.07, 6.45) is 8.85. The van der Waals surface area contributed by atoms with Gasteiger partial charge in [-0.1, -0.05) is 31.4 Å². The predicted octanol–water partition coefficient (Wildman–Crippen LogP) is 2.86. The molecule has 28 heavy (non-hydrogen) atoms. The van der Waals surface area contributed by atoms with Crippen LogP contribution in [0.15, 0.2) is 29.2 Å². The Morgan fingerprint density at radius 2 is 1.50 bits per heavy atom. The summed E-state index contributed by atoms with van der Waals surface area (Å²) in [6, 6.07) is 6.57. The maximum Gasteiger partial charge on any atom is 0.252 e. The molecule has 6 nitrogen and oxygen atoms in total. The van der Waals surface area contributed by atoms with Crippen molar-refractivity contribution >= 4 is 15.9 Å². The van der Waals surface area contributed by atoms with Gasteiger partial charge in [0.15, 0.2) is 0 Å². The van der Waals surface area contributed by atoms with Crippen molar-refractivity contribution < 1.29 is 13.2 Å². The van der Waals surface area contributed by atoms with E-state index >= 15 is 0 Å². The number of hydrogen-bond acceptors (Lipinski definition) is 4. The monoisotopic (exact) mass is 407 g/mol. The van der Waals surface area contributed by atoms with Crippen LogP contribution < -0.4 is 5.32 Å². The number of carbonyl (C=O) groups excluding carboxylic acids is 1. The third-order valence-corrected chi connectivity index (χ3v) is 7.66. The van der Waals surface area contributed by atoms with Gasteiger partial charge in [0.1, 0.15) is 0 Å². The molecule has 156 valence electrons. The van der Waals surface area contributed by atoms with Crippen LogP contribution in [0.2, 0.25) is 0 Å². The van der Waals surface area contributed by atoms with E-state index in [1.807, 2.05) is 0 Å². The van der Waals surface area contributed by atoms with Gasteiger partial charge in [0.2, 0.25) is 10.0 Å². The van der Waals surface area contributed by atoms with E-state index in [1.54, 1.807) is 24.3 Å². The van der Waals surface area contributed by atoms with Crippen LogP contribution >= 0.6 is 0 Å². The van der Waals surface area contributed by atoms with Crippen molar-refractivity contribution in [1.82, 2.24) is 14.5 Å². The van der Waals surface area contributed by atoms with E-state index in [9.17, 15) is 13.2 Å². The van der Waals surface area contributed by atoms with E-state index in [4.69, 9.17) is 0 Å². The third kappa shape index (κ3) is 5.55. The van der Waals surface area contributed by atoms with Gasteiger partial charge in [0.05, 0.1) is 10.5 Å². The molecule has 0 bridgehead atoms. The summed E-state index contributed by atoms with van der Waals surface area (Å²) < 4.78 is 27.6. The van der Waals surface area contributed by atoms with E-state index in [1.165, 1.54) is 30.0 Å². The number of amides is 1. The number of piperidine rings is 1. The largest absolute Gasteiger partial charge is 0.352 e. The molecule has 1 N–H and O–H groups in total. The van der Waals surface area contributed by atoms with Gasteiger partial charge in [-0.05, 0) is 63.9 Å². The van der Waals surface area contributed by atoms with E-state index in [0.717, 1.165) is 45.3 Å². The Morgan fingerprint density at radius 3 is 2.21 bits per heavy atom. The second-order valence-electron chi connectivity index (χ2n) is 7.83. The molecular formula is C21H33N3O3S. The fourth-order valence-corrected chi connectivity index (χ4v) is 5.79. The zero-order valence-electron chi connectivity index (χ0n) is 16.7. The highest BCUT2D eigenvalue weighted by molar-refractivity contribution is 7.89. The number of nitrogens with one attached hydrogen (secondary N) is 1. The highest BCUT2D eigenvalue weighted by Crippen LogP contribution is 2.23. The van der Waals surface area contributed by atoms with Crippen molar-refractivity contribution in [3.05, 3.63) is 29.8 Å². The van der Waals surface area contributed by atoms with E-state index in [-0.39, 0.29) is 16.4 Å². The Morgan fingerprint density at radius 1 is 0.893 bits per heavy atom. The standard InChI is InChI=1S/C21H33N3O3S/c25-21(22-13-10-16-23-14-6-1-2-7-15-23)19-11-4-5-12-20(19)28(26,27)24-17-8-3-9-18-24/h4-5,11-12H,1-3,6-10,13-18H2,(H,22,25). The molecule has 1 aromatic carbocycles. The smallest absolute Gasteiger partial charge is 0.252 e. The summed E-state index contributed by atoms with van der Waals surface area (Å²) in [4.78, 5) is 15.3. The second kappa shape index (κ2) is 10.4. The minimum Gasteiger partial charge on any atom is -0.352 e. The minimum absolute atomic E-state index is 0.127. The zero-order valence-corrected chi connectivity index (χ0v) is 17.6. The Labute approximate surface area is 169 Å². The van der Waals surface area contributed by atoms with Crippen molar-refractivity contribution in [2.24, 2.45) is 0 Å². The van der Waals surface area contributed by atoms with Crippen LogP contribution in [-0.4, -0.2) is 62.8 Å². The predicted molar refractivity (Wildman–Crippen MR) is 111 cm³/mol. The number of hydrogen-bond donors (Lipinski definition) is 1. The third-order valence-electron chi connectivity index (χ3n) is 5.70. The quantitative estimate of drug-likeness (QED) is 0.706. The van der Waals surface area contributed by atoms with Gasteiger partial charge in [0, 0.05) is 19.6 Å². The summed E-state index contributed by atoms with van der Waals surface area (Å²) in [5.41, 5.74) is 0.253. The molecule has 2 aliphatic heterocycles. The molecule has 1 amide bonds. The Balaban J connectivity index is 1.58. The minimum atomic E-state index is -3.63. The van der Waals surface area contributed by atoms with Gasteiger partial charge < -0.3 is 10.2 Å². The number of benzene rings is 1. The maximum absolute atomic E-state index is 13.0. The number of carbonyl (C=O) groups is 1. The molecule has 3 rings (SSSR count). The molecule has 2 saturated heterocycles. The van der Waals surface area contributed by atoms with Gasteiger partial charge in [-0.25, -0.2) is 8.42 Å². The lowest BCUT2D eigenvalue weighted by Gasteiger charge is -2.26. The highest BCUT2D eigenvalue weighted by atomic mass is 32.2. The van der Waals surface area contributed by atoms with Crippen LogP contribution in [0.3, 0.4) is 0 Å². The topological polar surface area (TPSA) is 69.7 Å². The summed E-state index contributed by atoms with van der Waals surface area (Å²) >= 11 is 0. The SMILES string of the molecule is O=C(NCCCN1CCCCCC1)c1ccccc1S(=O)(=O)N1CCCCC1. The Hall–Kier alpha value is -1.44. The first-order valence-electron chi connectivity index (χ1n) is 10.7. The maximum atomic E-state index is 13.0. The molecule has 0 radical (unpaired) electrons. The fourth-order valence-electron chi connectivity index (χ4n) is 4.08. The molecule has 0 atom stereocenters. The number of nitrogens with zero attached hydrogens (tertiary/aromatic N) is 2. The molecule has 1 aromatic rings. The molecule has 7 heteroatoms. The molecule has 0 aromatic heterocycles. The van der Waals surface area contributed by atoms with Crippen molar-refractivity contribution in [3.8, 4) is 0 Å². The lowest BCUT2D eigenvalue weighted by Crippen LogP contribution is -2.37. The molecule has 0 saturated carbocycles. The summed E-state index contributed by atoms with van der Waals surface area (Å²) in [6.45, 7) is 4.90. The summed E-state index contributed by atoms with van der Waals surface area (Å²) in [7, 11) is -3.63. The number of sulfonamides is 1. The van der Waals surface area contributed by atoms with Gasteiger partial charge in [0.25, 0.3) is 5.91 Å². The molecule has 0 unspecified atom stereocenters. The number of likely N-dealkylation sites (tertiary alicyclic amines) is 1. The lowest BCUT2D eigenvalue weighted by molar-refractivity contribution is 0.0948. The summed E-state index contributed by atoms with van der Waals surface area (Å²) in [5, 5.41) is 2.92. The second-order valence-corrected chi connectivity index (χ2v) is 9.73. The lowest BCUT2D eigenvalue weighted by atomic mass is 10.2. The molecule has 2 fully saturated rings. The van der Waals surface area contributed by atoms with Gasteiger partial charge >= 0.3 is 0 Å². The van der Waals surface area contributed by atoms with Crippen LogP contribution in [-0.2, 0) is 10.0 Å². The number of rotatable bonds is 7. The van der Waals surface area contributed by atoms with Crippen LogP contribution in [0, 0.1) is 0 Å². The molecule has 2 heterocycles. The first-order chi connectivity index (χ1) is 13.6. The molecule has 0 spiro atoms. The normalized spacial score (nSPS) is 19.9. The first-order valence-corrected chi connectivity index (χ1v) is 12.1. The Kier molecular flexibility index (Phi) is 7.88. The fraction of sp³-hybridized carbons (Fsp3) is 0.667. The zero-order chi connectivity index (χ0) is 19.8. The summed E-state index contributed by atoms with van der Waals surface area (Å²) in [5.74, 6) is -0.299. The molecule has 2 aliphatic rings. The van der Waals surface area contributed by atoms with Crippen LogP contribution in [0.5, 0.6) is 0 Å². The van der Waals surface area contributed by atoms with Crippen molar-refractivity contribution in [2.45, 2.75) is 56.3 Å². The van der Waals surface area contributed by atoms with E-state index in [2.05, 4.69) is 10.2 Å². The van der Waals surface area contributed by atoms with Crippen LogP contribution in [0.4, 0.5) is 0 Å². The molecule has 0 aliphatic carbocycles. The van der Waals surface area contributed by atoms with Crippen LogP contribution in [0.1, 0.15) is 61.7 Å². The Bertz CT molecular complexity index is 737. The van der Waals surface area contributed by atoms with Crippen molar-refractivity contribution in [2.75, 3.05) is 39.3 Å². The van der Waals surface area contributed by atoms with Gasteiger partial charge in [-0.2, -0.15) is 4.31 Å². The van der Waals surface area contributed by atoms with E-state index in [0.29, 0.717) is 19.6 Å². The van der Waals surface area contributed by atoms with Crippen molar-refractivity contribution in [1.29, 1.82) is 0 Å². The average molecular weight is 408 g/mol. The first kappa shape index (κ1) is 21.3. The van der Waals surface area contributed by atoms with Gasteiger partial charge in [-0.15, -0.1) is 0 Å².